The Kier molecular flexibility index (Phi) is 4.44. The summed E-state index contributed by atoms with van der Waals surface area (Å²) in [7, 11) is 1.86. The van der Waals surface area contributed by atoms with Crippen LogP contribution in [-0.2, 0) is 4.79 Å². The largest absolute Gasteiger partial charge is 0.358 e. The van der Waals surface area contributed by atoms with Crippen LogP contribution in [0.1, 0.15) is 6.42 Å². The Bertz CT molecular complexity index is 424. The molecule has 1 aliphatic heterocycles. The van der Waals surface area contributed by atoms with Crippen molar-refractivity contribution in [2.45, 2.75) is 12.5 Å². The molecule has 98 valence electrons. The summed E-state index contributed by atoms with van der Waals surface area (Å²) in [4.78, 5) is 14.2. The number of likely N-dealkylation sites (N-methyl/N-ethyl adjacent to an activating group) is 1. The minimum atomic E-state index is -0.184. The first-order valence-electron chi connectivity index (χ1n) is 6.17. The van der Waals surface area contributed by atoms with Crippen LogP contribution in [0.15, 0.2) is 24.3 Å². The summed E-state index contributed by atoms with van der Waals surface area (Å²) in [6.45, 7) is 2.21. The molecule has 0 spiro atoms. The highest BCUT2D eigenvalue weighted by molar-refractivity contribution is 6.30. The minimum Gasteiger partial charge on any atom is -0.358 e. The molecule has 2 N–H and O–H groups in total. The molecule has 0 aliphatic carbocycles. The molecule has 1 saturated heterocycles. The van der Waals surface area contributed by atoms with Gasteiger partial charge in [-0.2, -0.15) is 0 Å². The lowest BCUT2D eigenvalue weighted by Crippen LogP contribution is -2.49. The van der Waals surface area contributed by atoms with Crippen LogP contribution in [0, 0.1) is 0 Å². The molecule has 2 rings (SSSR count). The third-order valence-corrected chi connectivity index (χ3v) is 3.33. The van der Waals surface area contributed by atoms with Crippen molar-refractivity contribution in [3.8, 4) is 0 Å². The Morgan fingerprint density at radius 3 is 3.11 bits per heavy atom. The van der Waals surface area contributed by atoms with Gasteiger partial charge in [-0.05, 0) is 31.7 Å². The van der Waals surface area contributed by atoms with E-state index < -0.39 is 0 Å². The topological polar surface area (TPSA) is 44.4 Å². The number of halogens is 1. The van der Waals surface area contributed by atoms with Gasteiger partial charge < -0.3 is 15.5 Å². The molecule has 1 aliphatic rings. The van der Waals surface area contributed by atoms with Crippen LogP contribution in [-0.4, -0.2) is 38.6 Å². The Hall–Kier alpha value is -1.26. The number of carbonyl (C=O) groups excluding carboxylic acids is 1. The van der Waals surface area contributed by atoms with Gasteiger partial charge in [0.25, 0.3) is 0 Å². The van der Waals surface area contributed by atoms with Gasteiger partial charge in [0, 0.05) is 30.3 Å². The molecule has 18 heavy (non-hydrogen) atoms. The van der Waals surface area contributed by atoms with Crippen molar-refractivity contribution in [3.05, 3.63) is 29.3 Å². The first-order chi connectivity index (χ1) is 8.72. The van der Waals surface area contributed by atoms with E-state index >= 15 is 0 Å². The predicted molar refractivity (Wildman–Crippen MR) is 74.1 cm³/mol. The molecule has 1 aromatic rings. The van der Waals surface area contributed by atoms with Crippen molar-refractivity contribution in [1.29, 1.82) is 0 Å². The fraction of sp³-hybridized carbons (Fsp3) is 0.462. The molecular formula is C13H18ClN3O. The normalized spacial score (nSPS) is 20.4. The van der Waals surface area contributed by atoms with Crippen LogP contribution >= 0.6 is 11.6 Å². The van der Waals surface area contributed by atoms with Crippen LogP contribution in [0.25, 0.3) is 0 Å². The summed E-state index contributed by atoms with van der Waals surface area (Å²) < 4.78 is 0. The first kappa shape index (κ1) is 13.2. The third kappa shape index (κ3) is 2.94. The van der Waals surface area contributed by atoms with Crippen molar-refractivity contribution < 1.29 is 4.79 Å². The highest BCUT2D eigenvalue weighted by Crippen LogP contribution is 2.22. The summed E-state index contributed by atoms with van der Waals surface area (Å²) in [5.41, 5.74) is 1.000. The average molecular weight is 268 g/mol. The molecule has 0 saturated carbocycles. The second-order valence-electron chi connectivity index (χ2n) is 4.39. The summed E-state index contributed by atoms with van der Waals surface area (Å²) in [6, 6.07) is 7.47. The second kappa shape index (κ2) is 6.07. The Morgan fingerprint density at radius 1 is 1.56 bits per heavy atom. The van der Waals surface area contributed by atoms with Crippen LogP contribution < -0.4 is 15.5 Å². The summed E-state index contributed by atoms with van der Waals surface area (Å²) >= 11 is 6.02. The van der Waals surface area contributed by atoms with Crippen molar-refractivity contribution in [1.82, 2.24) is 10.6 Å². The zero-order valence-electron chi connectivity index (χ0n) is 10.4. The molecule has 4 nitrogen and oxygen atoms in total. The lowest BCUT2D eigenvalue weighted by molar-refractivity contribution is -0.121. The minimum absolute atomic E-state index is 0.0711. The number of anilines is 1. The van der Waals surface area contributed by atoms with E-state index in [0.29, 0.717) is 11.6 Å². The quantitative estimate of drug-likeness (QED) is 0.867. The molecule has 1 unspecified atom stereocenters. The number of rotatable bonds is 3. The summed E-state index contributed by atoms with van der Waals surface area (Å²) in [5.74, 6) is 0.0711. The molecule has 5 heteroatoms. The molecule has 1 amide bonds. The molecule has 1 heterocycles. The molecular weight excluding hydrogens is 250 g/mol. The fourth-order valence-electron chi connectivity index (χ4n) is 2.24. The summed E-state index contributed by atoms with van der Waals surface area (Å²) in [5, 5.41) is 6.71. The SMILES string of the molecule is CNCC1C(=O)NCCCN1c1cccc(Cl)c1. The van der Waals surface area contributed by atoms with Gasteiger partial charge in [0.1, 0.15) is 6.04 Å². The van der Waals surface area contributed by atoms with E-state index in [0.717, 1.165) is 25.2 Å². The zero-order chi connectivity index (χ0) is 13.0. The van der Waals surface area contributed by atoms with Crippen LogP contribution in [0.4, 0.5) is 5.69 Å². The van der Waals surface area contributed by atoms with Crippen LogP contribution in [0.3, 0.4) is 0 Å². The maximum Gasteiger partial charge on any atom is 0.244 e. The van der Waals surface area contributed by atoms with Crippen molar-refractivity contribution in [2.24, 2.45) is 0 Å². The molecule has 0 aromatic heterocycles. The first-order valence-corrected chi connectivity index (χ1v) is 6.54. The summed E-state index contributed by atoms with van der Waals surface area (Å²) in [6.07, 6.45) is 0.943. The van der Waals surface area contributed by atoms with E-state index in [-0.39, 0.29) is 11.9 Å². The Balaban J connectivity index is 2.28. The van der Waals surface area contributed by atoms with E-state index in [1.807, 2.05) is 31.3 Å². The average Bonchev–Trinajstić information content (AvgIpc) is 2.53. The van der Waals surface area contributed by atoms with E-state index in [1.165, 1.54) is 0 Å². The molecule has 1 fully saturated rings. The van der Waals surface area contributed by atoms with Gasteiger partial charge in [0.05, 0.1) is 0 Å². The fourth-order valence-corrected chi connectivity index (χ4v) is 2.42. The smallest absolute Gasteiger partial charge is 0.244 e. The predicted octanol–water partition coefficient (Wildman–Crippen LogP) is 1.25. The Labute approximate surface area is 112 Å². The number of amides is 1. The standard InChI is InChI=1S/C13H18ClN3O/c1-15-9-12-13(18)16-6-3-7-17(12)11-5-2-4-10(14)8-11/h2,4-5,8,12,15H,3,6-7,9H2,1H3,(H,16,18). The van der Waals surface area contributed by atoms with E-state index in [2.05, 4.69) is 15.5 Å². The number of hydrogen-bond donors (Lipinski definition) is 2. The van der Waals surface area contributed by atoms with Crippen LogP contribution in [0.5, 0.6) is 0 Å². The van der Waals surface area contributed by atoms with E-state index in [1.54, 1.807) is 0 Å². The number of nitrogens with one attached hydrogen (secondary N) is 2. The van der Waals surface area contributed by atoms with Gasteiger partial charge in [-0.25, -0.2) is 0 Å². The van der Waals surface area contributed by atoms with Crippen molar-refractivity contribution in [2.75, 3.05) is 31.6 Å². The van der Waals surface area contributed by atoms with Gasteiger partial charge in [-0.3, -0.25) is 4.79 Å². The highest BCUT2D eigenvalue weighted by Gasteiger charge is 2.27. The lowest BCUT2D eigenvalue weighted by atomic mass is 10.2. The van der Waals surface area contributed by atoms with Crippen molar-refractivity contribution in [3.63, 3.8) is 0 Å². The zero-order valence-corrected chi connectivity index (χ0v) is 11.2. The van der Waals surface area contributed by atoms with Crippen molar-refractivity contribution >= 4 is 23.2 Å². The van der Waals surface area contributed by atoms with Gasteiger partial charge in [-0.1, -0.05) is 17.7 Å². The van der Waals surface area contributed by atoms with E-state index in [9.17, 15) is 4.79 Å². The Morgan fingerprint density at radius 2 is 2.39 bits per heavy atom. The molecule has 1 atom stereocenters. The van der Waals surface area contributed by atoms with Crippen LogP contribution in [0.2, 0.25) is 5.02 Å². The van der Waals surface area contributed by atoms with E-state index in [4.69, 9.17) is 11.6 Å². The van der Waals surface area contributed by atoms with Gasteiger partial charge in [0.2, 0.25) is 5.91 Å². The second-order valence-corrected chi connectivity index (χ2v) is 4.83. The number of benzene rings is 1. The van der Waals surface area contributed by atoms with Gasteiger partial charge >= 0.3 is 0 Å². The molecule has 0 radical (unpaired) electrons. The third-order valence-electron chi connectivity index (χ3n) is 3.09. The number of hydrogen-bond acceptors (Lipinski definition) is 3. The molecule has 1 aromatic carbocycles. The number of nitrogens with zero attached hydrogens (tertiary/aromatic N) is 1. The van der Waals surface area contributed by atoms with Gasteiger partial charge in [0.15, 0.2) is 0 Å². The maximum absolute atomic E-state index is 12.0. The number of carbonyl (C=O) groups is 1. The highest BCUT2D eigenvalue weighted by atomic mass is 35.5. The maximum atomic E-state index is 12.0. The lowest BCUT2D eigenvalue weighted by Gasteiger charge is -2.30. The molecule has 0 bridgehead atoms. The monoisotopic (exact) mass is 267 g/mol. The van der Waals surface area contributed by atoms with Gasteiger partial charge in [-0.15, -0.1) is 0 Å².